The summed E-state index contributed by atoms with van der Waals surface area (Å²) < 4.78 is 0. The van der Waals surface area contributed by atoms with Gasteiger partial charge in [-0.3, -0.25) is 9.63 Å². The van der Waals surface area contributed by atoms with Gasteiger partial charge in [-0.05, 0) is 12.8 Å². The molecule has 0 aliphatic heterocycles. The van der Waals surface area contributed by atoms with Crippen molar-refractivity contribution < 1.29 is 25.0 Å². The first-order valence-corrected chi connectivity index (χ1v) is 4.50. The van der Waals surface area contributed by atoms with E-state index in [0.717, 1.165) is 0 Å². The Morgan fingerprint density at radius 2 is 1.71 bits per heavy atom. The van der Waals surface area contributed by atoms with Gasteiger partial charge in [-0.15, -0.1) is 0 Å². The van der Waals surface area contributed by atoms with E-state index in [9.17, 15) is 4.79 Å². The van der Waals surface area contributed by atoms with Crippen molar-refractivity contribution in [1.82, 2.24) is 5.48 Å². The summed E-state index contributed by atoms with van der Waals surface area (Å²) in [5, 5.41) is 25.7. The molecule has 0 aromatic carbocycles. The van der Waals surface area contributed by atoms with Gasteiger partial charge in [-0.25, -0.2) is 5.48 Å². The maximum atomic E-state index is 11.3. The Kier molecular flexibility index (Phi) is 8.45. The normalized spacial score (nSPS) is 10.6. The fraction of sp³-hybridized carbons (Fsp3) is 0.875. The number of carbonyl (C=O) groups is 1. The third kappa shape index (κ3) is 5.87. The van der Waals surface area contributed by atoms with Gasteiger partial charge >= 0.3 is 0 Å². The quantitative estimate of drug-likeness (QED) is 0.284. The van der Waals surface area contributed by atoms with Crippen molar-refractivity contribution in [1.29, 1.82) is 0 Å². The van der Waals surface area contributed by atoms with Crippen LogP contribution in [0.15, 0.2) is 0 Å². The SMILES string of the molecule is O=C(NOCCO)C(CCO)CCO. The van der Waals surface area contributed by atoms with Crippen molar-refractivity contribution in [2.75, 3.05) is 26.4 Å². The molecule has 14 heavy (non-hydrogen) atoms. The summed E-state index contributed by atoms with van der Waals surface area (Å²) in [5.74, 6) is -0.842. The van der Waals surface area contributed by atoms with E-state index in [0.29, 0.717) is 0 Å². The number of aliphatic hydroxyl groups excluding tert-OH is 3. The first kappa shape index (κ1) is 13.3. The lowest BCUT2D eigenvalue weighted by molar-refractivity contribution is -0.139. The van der Waals surface area contributed by atoms with Gasteiger partial charge in [0.25, 0.3) is 0 Å². The van der Waals surface area contributed by atoms with Crippen molar-refractivity contribution in [3.05, 3.63) is 0 Å². The van der Waals surface area contributed by atoms with Crippen LogP contribution >= 0.6 is 0 Å². The summed E-state index contributed by atoms with van der Waals surface area (Å²) in [7, 11) is 0. The highest BCUT2D eigenvalue weighted by Gasteiger charge is 2.17. The Labute approximate surface area is 82.5 Å². The molecule has 6 heteroatoms. The molecule has 0 saturated heterocycles. The van der Waals surface area contributed by atoms with Crippen LogP contribution < -0.4 is 5.48 Å². The van der Waals surface area contributed by atoms with Gasteiger partial charge in [-0.1, -0.05) is 0 Å². The summed E-state index contributed by atoms with van der Waals surface area (Å²) in [6.45, 7) is -0.377. The molecule has 1 amide bonds. The third-order valence-electron chi connectivity index (χ3n) is 1.69. The van der Waals surface area contributed by atoms with Crippen LogP contribution in [-0.2, 0) is 9.63 Å². The van der Waals surface area contributed by atoms with Gasteiger partial charge in [0, 0.05) is 19.1 Å². The van der Waals surface area contributed by atoms with Gasteiger partial charge in [0.15, 0.2) is 0 Å². The summed E-state index contributed by atoms with van der Waals surface area (Å²) in [5.41, 5.74) is 2.13. The minimum atomic E-state index is -0.455. The van der Waals surface area contributed by atoms with Crippen LogP contribution in [0.1, 0.15) is 12.8 Å². The van der Waals surface area contributed by atoms with Crippen LogP contribution in [0.4, 0.5) is 0 Å². The monoisotopic (exact) mass is 207 g/mol. The van der Waals surface area contributed by atoms with Gasteiger partial charge < -0.3 is 15.3 Å². The van der Waals surface area contributed by atoms with Crippen molar-refractivity contribution >= 4 is 5.91 Å². The predicted octanol–water partition coefficient (Wildman–Crippen LogP) is -1.59. The highest BCUT2D eigenvalue weighted by Crippen LogP contribution is 2.07. The highest BCUT2D eigenvalue weighted by atomic mass is 16.7. The summed E-state index contributed by atoms with van der Waals surface area (Å²) >= 11 is 0. The zero-order chi connectivity index (χ0) is 10.8. The molecule has 0 aliphatic carbocycles. The number of hydrogen-bond donors (Lipinski definition) is 4. The molecule has 0 rings (SSSR count). The first-order valence-electron chi connectivity index (χ1n) is 4.50. The fourth-order valence-corrected chi connectivity index (χ4v) is 0.969. The summed E-state index contributed by atoms with van der Waals surface area (Å²) in [6, 6.07) is 0. The molecule has 0 aromatic heterocycles. The number of aliphatic hydroxyl groups is 3. The number of amides is 1. The molecule has 4 N–H and O–H groups in total. The van der Waals surface area contributed by atoms with Crippen LogP contribution in [0.25, 0.3) is 0 Å². The molecule has 0 bridgehead atoms. The first-order chi connectivity index (χ1) is 6.76. The molecule has 0 unspecified atom stereocenters. The minimum absolute atomic E-state index is 0.0245. The average molecular weight is 207 g/mol. The smallest absolute Gasteiger partial charge is 0.246 e. The lowest BCUT2D eigenvalue weighted by atomic mass is 10.0. The second-order valence-corrected chi connectivity index (χ2v) is 2.76. The van der Waals surface area contributed by atoms with Crippen LogP contribution in [0.3, 0.4) is 0 Å². The topological polar surface area (TPSA) is 99.0 Å². The molecule has 0 atom stereocenters. The zero-order valence-corrected chi connectivity index (χ0v) is 7.98. The van der Waals surface area contributed by atoms with Crippen LogP contribution in [0, 0.1) is 5.92 Å². The van der Waals surface area contributed by atoms with Crippen LogP contribution in [-0.4, -0.2) is 47.7 Å². The van der Waals surface area contributed by atoms with Gasteiger partial charge in [0.1, 0.15) is 0 Å². The van der Waals surface area contributed by atoms with Crippen molar-refractivity contribution in [2.24, 2.45) is 5.92 Å². The second kappa shape index (κ2) is 8.89. The van der Waals surface area contributed by atoms with Gasteiger partial charge in [0.05, 0.1) is 13.2 Å². The van der Waals surface area contributed by atoms with Gasteiger partial charge in [0.2, 0.25) is 5.91 Å². The molecular formula is C8H17NO5. The molecule has 6 nitrogen and oxygen atoms in total. The zero-order valence-electron chi connectivity index (χ0n) is 7.98. The Morgan fingerprint density at radius 3 is 2.14 bits per heavy atom. The molecule has 0 heterocycles. The molecular weight excluding hydrogens is 190 g/mol. The molecule has 84 valence electrons. The lowest BCUT2D eigenvalue weighted by Crippen LogP contribution is -2.32. The third-order valence-corrected chi connectivity index (χ3v) is 1.69. The van der Waals surface area contributed by atoms with Crippen LogP contribution in [0.5, 0.6) is 0 Å². The fourth-order valence-electron chi connectivity index (χ4n) is 0.969. The minimum Gasteiger partial charge on any atom is -0.396 e. The van der Waals surface area contributed by atoms with Crippen LogP contribution in [0.2, 0.25) is 0 Å². The van der Waals surface area contributed by atoms with Gasteiger partial charge in [-0.2, -0.15) is 0 Å². The van der Waals surface area contributed by atoms with Crippen molar-refractivity contribution in [3.63, 3.8) is 0 Å². The molecule has 0 spiro atoms. The largest absolute Gasteiger partial charge is 0.396 e. The Hall–Kier alpha value is -0.690. The molecule has 0 aliphatic rings. The maximum absolute atomic E-state index is 11.3. The molecule has 0 fully saturated rings. The van der Waals surface area contributed by atoms with E-state index in [-0.39, 0.29) is 45.2 Å². The van der Waals surface area contributed by atoms with E-state index in [1.807, 2.05) is 0 Å². The van der Waals surface area contributed by atoms with Crippen molar-refractivity contribution in [3.8, 4) is 0 Å². The van der Waals surface area contributed by atoms with E-state index in [1.54, 1.807) is 0 Å². The van der Waals surface area contributed by atoms with E-state index in [2.05, 4.69) is 10.3 Å². The molecule has 0 aromatic rings. The standard InChI is InChI=1S/C8H17NO5/c10-3-1-7(2-4-11)8(13)9-14-6-5-12/h7,10-12H,1-6H2,(H,9,13). The van der Waals surface area contributed by atoms with E-state index in [4.69, 9.17) is 15.3 Å². The molecule has 0 radical (unpaired) electrons. The van der Waals surface area contributed by atoms with E-state index < -0.39 is 5.92 Å². The van der Waals surface area contributed by atoms with Crippen molar-refractivity contribution in [2.45, 2.75) is 12.8 Å². The lowest BCUT2D eigenvalue weighted by Gasteiger charge is -2.13. The predicted molar refractivity (Wildman–Crippen MR) is 48.1 cm³/mol. The second-order valence-electron chi connectivity index (χ2n) is 2.76. The highest BCUT2D eigenvalue weighted by molar-refractivity contribution is 5.77. The summed E-state index contributed by atoms with van der Waals surface area (Å²) in [6.07, 6.45) is 0.573. The molecule has 0 saturated carbocycles. The van der Waals surface area contributed by atoms with E-state index in [1.165, 1.54) is 0 Å². The van der Waals surface area contributed by atoms with E-state index >= 15 is 0 Å². The Bertz CT molecular complexity index is 147. The number of hydroxylamine groups is 1. The Balaban J connectivity index is 3.76. The number of rotatable bonds is 8. The number of nitrogens with one attached hydrogen (secondary N) is 1. The average Bonchev–Trinajstić information content (AvgIpc) is 2.18. The summed E-state index contributed by atoms with van der Waals surface area (Å²) in [4.78, 5) is 15.9. The Morgan fingerprint density at radius 1 is 1.14 bits per heavy atom. The number of hydrogen-bond acceptors (Lipinski definition) is 5. The number of carbonyl (C=O) groups excluding carboxylic acids is 1. The maximum Gasteiger partial charge on any atom is 0.246 e.